The topological polar surface area (TPSA) is 82.5 Å². The van der Waals surface area contributed by atoms with Crippen molar-refractivity contribution >= 4 is 39.9 Å². The molecule has 9 heteroatoms. The minimum Gasteiger partial charge on any atom is -0.463 e. The molecule has 3 rings (SSSR count). The summed E-state index contributed by atoms with van der Waals surface area (Å²) < 4.78 is 36.1. The summed E-state index contributed by atoms with van der Waals surface area (Å²) in [4.78, 5) is 15.5. The van der Waals surface area contributed by atoms with Crippen LogP contribution in [0.2, 0.25) is 0 Å². The number of esters is 1. The van der Waals surface area contributed by atoms with Gasteiger partial charge in [0, 0.05) is 31.4 Å². The van der Waals surface area contributed by atoms with Crippen LogP contribution >= 0.6 is 22.5 Å². The largest absolute Gasteiger partial charge is 0.463 e. The van der Waals surface area contributed by atoms with Crippen molar-refractivity contribution < 1.29 is 23.4 Å². The number of hydrogen-bond donors (Lipinski definition) is 2. The van der Waals surface area contributed by atoms with Gasteiger partial charge in [-0.15, -0.1) is 22.5 Å². The zero-order chi connectivity index (χ0) is 27.2. The minimum absolute atomic E-state index is 0.0590. The summed E-state index contributed by atoms with van der Waals surface area (Å²) in [5.74, 6) is 0.745. The monoisotopic (exact) mass is 548 g/mol. The molecule has 7 nitrogen and oxygen atoms in total. The Morgan fingerprint density at radius 2 is 1.89 bits per heavy atom. The van der Waals surface area contributed by atoms with E-state index in [1.807, 2.05) is 43.3 Å². The number of fused-ring (bicyclic) bond motifs is 1. The molecule has 0 radical (unpaired) electrons. The second-order valence-corrected chi connectivity index (χ2v) is 13.3. The lowest BCUT2D eigenvalue weighted by atomic mass is 10.1. The van der Waals surface area contributed by atoms with Gasteiger partial charge in [0.1, 0.15) is 16.2 Å². The third kappa shape index (κ3) is 7.45. The number of nitrogens with zero attached hydrogens (tertiary/aromatic N) is 2. The molecule has 1 heterocycles. The molecule has 37 heavy (non-hydrogen) atoms. The van der Waals surface area contributed by atoms with E-state index in [-0.39, 0.29) is 6.04 Å². The van der Waals surface area contributed by atoms with Crippen molar-refractivity contribution in [3.8, 4) is 5.75 Å². The molecule has 1 unspecified atom stereocenters. The van der Waals surface area contributed by atoms with Gasteiger partial charge in [0.05, 0.1) is 22.9 Å². The zero-order valence-corrected chi connectivity index (χ0v) is 24.3. The second-order valence-electron chi connectivity index (χ2n) is 9.96. The molecular weight excluding hydrogens is 508 g/mol. The molecule has 0 aliphatic carbocycles. The maximum Gasteiger partial charge on any atom is 0.334 e. The molecule has 0 fully saturated rings. The average Bonchev–Trinajstić information content (AvgIpc) is 2.91. The highest BCUT2D eigenvalue weighted by atomic mass is 32.3. The molecule has 0 amide bonds. The number of para-hydroxylation sites is 1. The molecule has 0 aromatic heterocycles. The summed E-state index contributed by atoms with van der Waals surface area (Å²) in [7, 11) is -1.53. The maximum absolute atomic E-state index is 12.1. The highest BCUT2D eigenvalue weighted by Gasteiger charge is 2.38. The van der Waals surface area contributed by atoms with E-state index in [0.717, 1.165) is 41.3 Å². The molecule has 0 bridgehead atoms. The lowest BCUT2D eigenvalue weighted by molar-refractivity contribution is -0.148. The van der Waals surface area contributed by atoms with Crippen LogP contribution in [0.5, 0.6) is 5.75 Å². The van der Waals surface area contributed by atoms with E-state index in [0.29, 0.717) is 17.2 Å². The molecule has 2 aromatic rings. The Bertz CT molecular complexity index is 1090. The third-order valence-corrected chi connectivity index (χ3v) is 8.92. The number of carbonyl (C=O) groups is 1. The summed E-state index contributed by atoms with van der Waals surface area (Å²) in [6.45, 7) is 10.2. The van der Waals surface area contributed by atoms with E-state index in [4.69, 9.17) is 9.47 Å². The van der Waals surface area contributed by atoms with Crippen LogP contribution < -0.4 is 9.64 Å². The van der Waals surface area contributed by atoms with Crippen LogP contribution in [0.25, 0.3) is 0 Å². The van der Waals surface area contributed by atoms with E-state index in [9.17, 15) is 13.9 Å². The van der Waals surface area contributed by atoms with Gasteiger partial charge in [0.25, 0.3) is 0 Å². The molecule has 1 atom stereocenters. The smallest absolute Gasteiger partial charge is 0.334 e. The van der Waals surface area contributed by atoms with E-state index in [1.165, 1.54) is 12.3 Å². The highest BCUT2D eigenvalue weighted by molar-refractivity contribution is 8.22. The van der Waals surface area contributed by atoms with Crippen molar-refractivity contribution in [3.05, 3.63) is 54.8 Å². The Kier molecular flexibility index (Phi) is 9.99. The quantitative estimate of drug-likeness (QED) is 0.143. The SMILES string of the molecule is CCCCC1CN(c2ccccc2)c2cc(SCC)c(O/C=C/C(=O)OC(C)(C)C)cc2S(O)(O)N1C. The van der Waals surface area contributed by atoms with Crippen molar-refractivity contribution in [2.75, 3.05) is 24.2 Å². The highest BCUT2D eigenvalue weighted by Crippen LogP contribution is 2.60. The van der Waals surface area contributed by atoms with E-state index >= 15 is 0 Å². The van der Waals surface area contributed by atoms with Gasteiger partial charge < -0.3 is 14.4 Å². The van der Waals surface area contributed by atoms with Crippen molar-refractivity contribution in [2.24, 2.45) is 0 Å². The lowest BCUT2D eigenvalue weighted by Crippen LogP contribution is -2.39. The number of benzene rings is 2. The fourth-order valence-electron chi connectivity index (χ4n) is 4.17. The Labute approximate surface area is 227 Å². The Morgan fingerprint density at radius 3 is 2.51 bits per heavy atom. The lowest BCUT2D eigenvalue weighted by Gasteiger charge is -2.43. The van der Waals surface area contributed by atoms with E-state index in [2.05, 4.69) is 11.8 Å². The normalized spacial score (nSPS) is 18.8. The van der Waals surface area contributed by atoms with Crippen LogP contribution in [0, 0.1) is 0 Å². The first-order valence-corrected chi connectivity index (χ1v) is 15.2. The van der Waals surface area contributed by atoms with Crippen LogP contribution in [0.3, 0.4) is 0 Å². The predicted octanol–water partition coefficient (Wildman–Crippen LogP) is 7.70. The predicted molar refractivity (Wildman–Crippen MR) is 154 cm³/mol. The minimum atomic E-state index is -3.31. The molecule has 0 saturated carbocycles. The van der Waals surface area contributed by atoms with Gasteiger partial charge in [-0.05, 0) is 51.1 Å². The Balaban J connectivity index is 2.09. The molecule has 2 N–H and O–H groups in total. The van der Waals surface area contributed by atoms with Crippen LogP contribution in [-0.2, 0) is 9.53 Å². The van der Waals surface area contributed by atoms with Crippen molar-refractivity contribution in [3.63, 3.8) is 0 Å². The van der Waals surface area contributed by atoms with Gasteiger partial charge in [-0.3, -0.25) is 9.11 Å². The average molecular weight is 549 g/mol. The van der Waals surface area contributed by atoms with Crippen LogP contribution in [0.15, 0.2) is 64.6 Å². The number of hydrogen-bond acceptors (Lipinski definition) is 8. The van der Waals surface area contributed by atoms with Crippen molar-refractivity contribution in [2.45, 2.75) is 75.3 Å². The summed E-state index contributed by atoms with van der Waals surface area (Å²) in [5, 5.41) is 0. The first-order chi connectivity index (χ1) is 17.5. The molecule has 0 saturated heterocycles. The maximum atomic E-state index is 12.1. The van der Waals surface area contributed by atoms with E-state index < -0.39 is 22.3 Å². The summed E-state index contributed by atoms with van der Waals surface area (Å²) in [6, 6.07) is 13.6. The summed E-state index contributed by atoms with van der Waals surface area (Å²) in [6.07, 6.45) is 5.39. The number of rotatable bonds is 9. The molecular formula is C28H40N2O5S2. The van der Waals surface area contributed by atoms with Gasteiger partial charge >= 0.3 is 5.97 Å². The molecule has 2 aromatic carbocycles. The summed E-state index contributed by atoms with van der Waals surface area (Å²) in [5.41, 5.74) is 1.13. The van der Waals surface area contributed by atoms with Gasteiger partial charge in [-0.2, -0.15) is 0 Å². The molecule has 204 valence electrons. The number of thioether (sulfide) groups is 1. The first kappa shape index (κ1) is 29.4. The fraction of sp³-hybridized carbons (Fsp3) is 0.464. The Morgan fingerprint density at radius 1 is 1.19 bits per heavy atom. The first-order valence-electron chi connectivity index (χ1n) is 12.7. The Hall–Kier alpha value is -2.17. The zero-order valence-electron chi connectivity index (χ0n) is 22.6. The van der Waals surface area contributed by atoms with Gasteiger partial charge in [0.15, 0.2) is 0 Å². The molecule has 1 aliphatic rings. The molecule has 1 aliphatic heterocycles. The number of likely N-dealkylation sites (N-methyl/N-ethyl adjacent to an activating group) is 1. The number of ether oxygens (including phenoxy) is 2. The standard InChI is InChI=1S/C28H40N2O5S2/c1-7-9-13-22-20-30(21-14-11-10-12-15-21)23-18-25(36-8-2)24(19-26(23)37(32,33)29(22)6)34-17-16-27(31)35-28(3,4)5/h10-12,14-19,22,32-33H,7-9,13,20H2,1-6H3/b17-16+. The van der Waals surface area contributed by atoms with Crippen LogP contribution in [-0.4, -0.2) is 50.4 Å². The fourth-order valence-corrected chi connectivity index (χ4v) is 6.54. The van der Waals surface area contributed by atoms with Crippen molar-refractivity contribution in [1.29, 1.82) is 0 Å². The van der Waals surface area contributed by atoms with Crippen LogP contribution in [0.4, 0.5) is 11.4 Å². The number of anilines is 2. The summed E-state index contributed by atoms with van der Waals surface area (Å²) >= 11 is 1.59. The number of carbonyl (C=O) groups excluding carboxylic acids is 1. The van der Waals surface area contributed by atoms with Crippen molar-refractivity contribution in [1.82, 2.24) is 4.31 Å². The molecule has 0 spiro atoms. The third-order valence-electron chi connectivity index (χ3n) is 5.98. The number of unbranched alkanes of at least 4 members (excludes halogenated alkanes) is 1. The van der Waals surface area contributed by atoms with E-state index in [1.54, 1.807) is 50.0 Å². The van der Waals surface area contributed by atoms with Gasteiger partial charge in [-0.1, -0.05) is 44.9 Å². The van der Waals surface area contributed by atoms with Gasteiger partial charge in [0.2, 0.25) is 0 Å². The second kappa shape index (κ2) is 12.6. The van der Waals surface area contributed by atoms with Gasteiger partial charge in [-0.25, -0.2) is 9.10 Å². The van der Waals surface area contributed by atoms with Crippen LogP contribution in [0.1, 0.15) is 53.9 Å².